The van der Waals surface area contributed by atoms with Crippen LogP contribution in [0.3, 0.4) is 0 Å². The highest BCUT2D eigenvalue weighted by Gasteiger charge is 2.14. The Labute approximate surface area is 108 Å². The first kappa shape index (κ1) is 12.5. The number of nitrogens with one attached hydrogen (secondary N) is 1. The number of methoxy groups -OCH3 is 1. The first-order chi connectivity index (χ1) is 8.74. The summed E-state index contributed by atoms with van der Waals surface area (Å²) in [6.07, 6.45) is 2.90. The lowest BCUT2D eigenvalue weighted by Crippen LogP contribution is -2.11. The highest BCUT2D eigenvalue weighted by Crippen LogP contribution is 2.29. The molecule has 96 valence electrons. The van der Waals surface area contributed by atoms with Crippen molar-refractivity contribution >= 4 is 5.82 Å². The van der Waals surface area contributed by atoms with Crippen LogP contribution in [0.1, 0.15) is 24.9 Å². The molecule has 0 aliphatic heterocycles. The number of rotatable bonds is 5. The van der Waals surface area contributed by atoms with Gasteiger partial charge in [0.1, 0.15) is 11.6 Å². The lowest BCUT2D eigenvalue weighted by Gasteiger charge is -2.19. The highest BCUT2D eigenvalue weighted by atomic mass is 16.5. The van der Waals surface area contributed by atoms with Gasteiger partial charge in [-0.2, -0.15) is 5.10 Å². The predicted octanol–water partition coefficient (Wildman–Crippen LogP) is 2.99. The summed E-state index contributed by atoms with van der Waals surface area (Å²) in [7, 11) is 3.61. The van der Waals surface area contributed by atoms with Gasteiger partial charge in [-0.1, -0.05) is 25.1 Å². The zero-order valence-electron chi connectivity index (χ0n) is 11.1. The van der Waals surface area contributed by atoms with Crippen LogP contribution in [0.4, 0.5) is 5.82 Å². The lowest BCUT2D eigenvalue weighted by atomic mass is 10.0. The second-order valence-electron chi connectivity index (χ2n) is 4.22. The average molecular weight is 245 g/mol. The van der Waals surface area contributed by atoms with Crippen molar-refractivity contribution in [2.45, 2.75) is 19.4 Å². The molecular weight excluding hydrogens is 226 g/mol. The summed E-state index contributed by atoms with van der Waals surface area (Å²) in [5.74, 6) is 1.79. The Morgan fingerprint density at radius 3 is 2.72 bits per heavy atom. The van der Waals surface area contributed by atoms with Gasteiger partial charge in [-0.05, 0) is 12.5 Å². The van der Waals surface area contributed by atoms with Crippen LogP contribution in [-0.2, 0) is 7.05 Å². The van der Waals surface area contributed by atoms with Crippen LogP contribution >= 0.6 is 0 Å². The fraction of sp³-hybridized carbons (Fsp3) is 0.357. The van der Waals surface area contributed by atoms with Crippen molar-refractivity contribution in [3.63, 3.8) is 0 Å². The molecule has 0 aliphatic carbocycles. The average Bonchev–Trinajstić information content (AvgIpc) is 2.81. The van der Waals surface area contributed by atoms with E-state index in [0.29, 0.717) is 0 Å². The number of benzene rings is 1. The van der Waals surface area contributed by atoms with E-state index in [4.69, 9.17) is 4.74 Å². The Morgan fingerprint density at radius 1 is 1.33 bits per heavy atom. The first-order valence-corrected chi connectivity index (χ1v) is 6.13. The third kappa shape index (κ3) is 2.64. The monoisotopic (exact) mass is 245 g/mol. The van der Waals surface area contributed by atoms with E-state index in [9.17, 15) is 0 Å². The van der Waals surface area contributed by atoms with Crippen molar-refractivity contribution in [2.24, 2.45) is 7.05 Å². The maximum absolute atomic E-state index is 5.41. The molecule has 4 nitrogen and oxygen atoms in total. The van der Waals surface area contributed by atoms with Crippen molar-refractivity contribution in [3.8, 4) is 5.75 Å². The van der Waals surface area contributed by atoms with Crippen LogP contribution < -0.4 is 10.1 Å². The molecule has 1 heterocycles. The van der Waals surface area contributed by atoms with E-state index >= 15 is 0 Å². The summed E-state index contributed by atoms with van der Waals surface area (Å²) in [4.78, 5) is 0. The molecule has 0 bridgehead atoms. The van der Waals surface area contributed by atoms with Crippen LogP contribution in [0.15, 0.2) is 36.5 Å². The summed E-state index contributed by atoms with van der Waals surface area (Å²) in [5.41, 5.74) is 1.16. The molecule has 2 aromatic rings. The van der Waals surface area contributed by atoms with E-state index < -0.39 is 0 Å². The van der Waals surface area contributed by atoms with Gasteiger partial charge in [0, 0.05) is 24.9 Å². The van der Waals surface area contributed by atoms with Crippen molar-refractivity contribution in [1.29, 1.82) is 0 Å². The first-order valence-electron chi connectivity index (χ1n) is 6.13. The highest BCUT2D eigenvalue weighted by molar-refractivity contribution is 5.42. The minimum Gasteiger partial charge on any atom is -0.496 e. The SMILES string of the molecule is CCC(Nc1ccn(C)n1)c1ccccc1OC. The normalized spacial score (nSPS) is 12.2. The van der Waals surface area contributed by atoms with Gasteiger partial charge in [-0.15, -0.1) is 0 Å². The Hall–Kier alpha value is -1.97. The summed E-state index contributed by atoms with van der Waals surface area (Å²) in [5, 5.41) is 7.77. The van der Waals surface area contributed by atoms with Crippen molar-refractivity contribution in [3.05, 3.63) is 42.1 Å². The number of aryl methyl sites for hydroxylation is 1. The molecule has 2 rings (SSSR count). The van der Waals surface area contributed by atoms with E-state index in [2.05, 4.69) is 23.4 Å². The number of para-hydroxylation sites is 1. The van der Waals surface area contributed by atoms with Crippen molar-refractivity contribution < 1.29 is 4.74 Å². The van der Waals surface area contributed by atoms with Gasteiger partial charge in [0.2, 0.25) is 0 Å². The largest absolute Gasteiger partial charge is 0.496 e. The number of anilines is 1. The molecule has 0 amide bonds. The van der Waals surface area contributed by atoms with Crippen LogP contribution in [0.25, 0.3) is 0 Å². The molecule has 1 aromatic carbocycles. The number of nitrogens with zero attached hydrogens (tertiary/aromatic N) is 2. The van der Waals surface area contributed by atoms with Gasteiger partial charge in [0.05, 0.1) is 13.2 Å². The molecule has 0 fully saturated rings. The summed E-state index contributed by atoms with van der Waals surface area (Å²) < 4.78 is 7.19. The van der Waals surface area contributed by atoms with E-state index in [1.54, 1.807) is 11.8 Å². The number of hydrogen-bond acceptors (Lipinski definition) is 3. The van der Waals surface area contributed by atoms with Crippen LogP contribution in [0, 0.1) is 0 Å². The quantitative estimate of drug-likeness (QED) is 0.880. The maximum atomic E-state index is 5.41. The van der Waals surface area contributed by atoms with Gasteiger partial charge in [-0.25, -0.2) is 0 Å². The van der Waals surface area contributed by atoms with E-state index in [-0.39, 0.29) is 6.04 Å². The minimum atomic E-state index is 0.205. The lowest BCUT2D eigenvalue weighted by molar-refractivity contribution is 0.406. The molecule has 1 unspecified atom stereocenters. The molecular formula is C14H19N3O. The van der Waals surface area contributed by atoms with Gasteiger partial charge in [0.25, 0.3) is 0 Å². The molecule has 0 aliphatic rings. The molecule has 4 heteroatoms. The van der Waals surface area contributed by atoms with Gasteiger partial charge >= 0.3 is 0 Å². The van der Waals surface area contributed by atoms with Crippen LogP contribution in [-0.4, -0.2) is 16.9 Å². The van der Waals surface area contributed by atoms with E-state index in [1.807, 2.05) is 37.5 Å². The standard InChI is InChI=1S/C14H19N3O/c1-4-12(15-14-9-10-17(2)16-14)11-7-5-6-8-13(11)18-3/h5-10,12H,4H2,1-3H3,(H,15,16). The number of aromatic nitrogens is 2. The Bertz CT molecular complexity index is 507. The summed E-state index contributed by atoms with van der Waals surface area (Å²) >= 11 is 0. The molecule has 0 saturated carbocycles. The molecule has 1 atom stereocenters. The van der Waals surface area contributed by atoms with E-state index in [0.717, 1.165) is 23.6 Å². The van der Waals surface area contributed by atoms with Gasteiger partial charge in [0.15, 0.2) is 0 Å². The minimum absolute atomic E-state index is 0.205. The number of hydrogen-bond donors (Lipinski definition) is 1. The Balaban J connectivity index is 2.22. The van der Waals surface area contributed by atoms with Gasteiger partial charge in [-0.3, -0.25) is 4.68 Å². The zero-order chi connectivity index (χ0) is 13.0. The number of ether oxygens (including phenoxy) is 1. The molecule has 1 N–H and O–H groups in total. The molecule has 0 saturated heterocycles. The van der Waals surface area contributed by atoms with Crippen molar-refractivity contribution in [1.82, 2.24) is 9.78 Å². The fourth-order valence-electron chi connectivity index (χ4n) is 2.02. The summed E-state index contributed by atoms with van der Waals surface area (Å²) in [6.45, 7) is 2.15. The van der Waals surface area contributed by atoms with Gasteiger partial charge < -0.3 is 10.1 Å². The molecule has 0 radical (unpaired) electrons. The van der Waals surface area contributed by atoms with Crippen molar-refractivity contribution in [2.75, 3.05) is 12.4 Å². The maximum Gasteiger partial charge on any atom is 0.148 e. The second-order valence-corrected chi connectivity index (χ2v) is 4.22. The third-order valence-electron chi connectivity index (χ3n) is 2.96. The molecule has 18 heavy (non-hydrogen) atoms. The smallest absolute Gasteiger partial charge is 0.148 e. The summed E-state index contributed by atoms with van der Waals surface area (Å²) in [6, 6.07) is 10.3. The fourth-order valence-corrected chi connectivity index (χ4v) is 2.02. The topological polar surface area (TPSA) is 39.1 Å². The molecule has 0 spiro atoms. The zero-order valence-corrected chi connectivity index (χ0v) is 11.1. The second kappa shape index (κ2) is 5.58. The predicted molar refractivity (Wildman–Crippen MR) is 72.9 cm³/mol. The Morgan fingerprint density at radius 2 is 2.11 bits per heavy atom. The molecule has 1 aromatic heterocycles. The Kier molecular flexibility index (Phi) is 3.87. The third-order valence-corrected chi connectivity index (χ3v) is 2.96. The van der Waals surface area contributed by atoms with Crippen LogP contribution in [0.5, 0.6) is 5.75 Å². The van der Waals surface area contributed by atoms with Crippen LogP contribution in [0.2, 0.25) is 0 Å². The van der Waals surface area contributed by atoms with E-state index in [1.165, 1.54) is 0 Å².